The fourth-order valence-electron chi connectivity index (χ4n) is 2.41. The fraction of sp³-hybridized carbons (Fsp3) is 0.312. The Labute approximate surface area is 122 Å². The number of hydrogen-bond acceptors (Lipinski definition) is 4. The van der Waals surface area contributed by atoms with Gasteiger partial charge in [0.2, 0.25) is 5.91 Å². The van der Waals surface area contributed by atoms with Gasteiger partial charge in [-0.25, -0.2) is 0 Å². The van der Waals surface area contributed by atoms with Crippen LogP contribution in [0.3, 0.4) is 0 Å². The van der Waals surface area contributed by atoms with E-state index in [4.69, 9.17) is 4.74 Å². The predicted octanol–water partition coefficient (Wildman–Crippen LogP) is 1.86. The monoisotopic (exact) mass is 286 g/mol. The first-order valence-electron chi connectivity index (χ1n) is 6.93. The molecule has 0 spiro atoms. The predicted molar refractivity (Wildman–Crippen MR) is 81.5 cm³/mol. The quantitative estimate of drug-likeness (QED) is 0.802. The summed E-state index contributed by atoms with van der Waals surface area (Å²) in [6, 6.07) is 10.7. The summed E-state index contributed by atoms with van der Waals surface area (Å²) >= 11 is 0. The first-order chi connectivity index (χ1) is 10.1. The van der Waals surface area contributed by atoms with Gasteiger partial charge in [-0.3, -0.25) is 4.79 Å². The number of hydrogen-bond donors (Lipinski definition) is 3. The van der Waals surface area contributed by atoms with Crippen molar-refractivity contribution < 1.29 is 14.6 Å². The van der Waals surface area contributed by atoms with Crippen molar-refractivity contribution in [3.8, 4) is 5.75 Å². The highest BCUT2D eigenvalue weighted by Gasteiger charge is 2.33. The molecule has 0 saturated carbocycles. The zero-order chi connectivity index (χ0) is 14.9. The Bertz CT molecular complexity index is 680. The van der Waals surface area contributed by atoms with Crippen LogP contribution in [-0.4, -0.2) is 36.3 Å². The average Bonchev–Trinajstić information content (AvgIpc) is 2.44. The lowest BCUT2D eigenvalue weighted by Gasteiger charge is -2.38. The van der Waals surface area contributed by atoms with E-state index >= 15 is 0 Å². The summed E-state index contributed by atoms with van der Waals surface area (Å²) in [5.41, 5.74) is 0.433. The van der Waals surface area contributed by atoms with Crippen LogP contribution in [0, 0.1) is 0 Å². The first kappa shape index (κ1) is 13.9. The number of fused-ring (bicyclic) bond motifs is 1. The summed E-state index contributed by atoms with van der Waals surface area (Å²) in [7, 11) is 0. The highest BCUT2D eigenvalue weighted by atomic mass is 16.5. The number of amides is 1. The van der Waals surface area contributed by atoms with E-state index < -0.39 is 0 Å². The van der Waals surface area contributed by atoms with E-state index in [2.05, 4.69) is 10.6 Å². The Kier molecular flexibility index (Phi) is 3.53. The molecule has 1 saturated heterocycles. The van der Waals surface area contributed by atoms with Crippen molar-refractivity contribution in [1.82, 2.24) is 5.32 Å². The van der Waals surface area contributed by atoms with Crippen molar-refractivity contribution in [3.05, 3.63) is 36.4 Å². The summed E-state index contributed by atoms with van der Waals surface area (Å²) in [4.78, 5) is 12.0. The minimum absolute atomic E-state index is 0.0212. The van der Waals surface area contributed by atoms with Crippen molar-refractivity contribution in [2.75, 3.05) is 25.0 Å². The molecule has 0 atom stereocenters. The van der Waals surface area contributed by atoms with Gasteiger partial charge < -0.3 is 20.5 Å². The molecular formula is C16H18N2O3. The van der Waals surface area contributed by atoms with Crippen LogP contribution in [0.15, 0.2) is 36.4 Å². The molecule has 2 aromatic carbocycles. The molecule has 3 N–H and O–H groups in total. The van der Waals surface area contributed by atoms with Crippen molar-refractivity contribution in [2.45, 2.75) is 12.5 Å². The Morgan fingerprint density at radius 2 is 2.00 bits per heavy atom. The zero-order valence-corrected chi connectivity index (χ0v) is 11.8. The normalized spacial score (nSPS) is 16.4. The van der Waals surface area contributed by atoms with Crippen molar-refractivity contribution in [1.29, 1.82) is 0 Å². The number of anilines is 1. The van der Waals surface area contributed by atoms with Gasteiger partial charge in [0, 0.05) is 29.5 Å². The standard InChI is InChI=1S/C16H18N2O3/c1-16(9-17-10-16)21-8-15(20)18-13-6-2-5-12-11(13)4-3-7-14(12)19/h2-7,17,19H,8-10H2,1H3,(H,18,20). The maximum atomic E-state index is 12.0. The molecule has 21 heavy (non-hydrogen) atoms. The molecular weight excluding hydrogens is 268 g/mol. The van der Waals surface area contributed by atoms with Crippen LogP contribution in [0.5, 0.6) is 5.75 Å². The van der Waals surface area contributed by atoms with E-state index in [0.717, 1.165) is 18.5 Å². The Hall–Kier alpha value is -2.11. The Balaban J connectivity index is 1.72. The maximum Gasteiger partial charge on any atom is 0.250 e. The minimum Gasteiger partial charge on any atom is -0.507 e. The van der Waals surface area contributed by atoms with Gasteiger partial charge in [0.25, 0.3) is 0 Å². The molecule has 1 aliphatic rings. The molecule has 5 heteroatoms. The smallest absolute Gasteiger partial charge is 0.250 e. The molecule has 3 rings (SSSR count). The number of carbonyl (C=O) groups excluding carboxylic acids is 1. The minimum atomic E-state index is -0.242. The Morgan fingerprint density at radius 1 is 1.29 bits per heavy atom. The largest absolute Gasteiger partial charge is 0.507 e. The molecule has 0 radical (unpaired) electrons. The number of benzene rings is 2. The average molecular weight is 286 g/mol. The van der Waals surface area contributed by atoms with Gasteiger partial charge in [-0.15, -0.1) is 0 Å². The van der Waals surface area contributed by atoms with Crippen LogP contribution >= 0.6 is 0 Å². The number of phenolic OH excluding ortho intramolecular Hbond substituents is 1. The van der Waals surface area contributed by atoms with Gasteiger partial charge in [-0.05, 0) is 19.1 Å². The number of ether oxygens (including phenoxy) is 1. The molecule has 5 nitrogen and oxygen atoms in total. The summed E-state index contributed by atoms with van der Waals surface area (Å²) in [6.07, 6.45) is 0. The summed E-state index contributed by atoms with van der Waals surface area (Å²) in [6.45, 7) is 3.53. The molecule has 1 fully saturated rings. The molecule has 0 aromatic heterocycles. The van der Waals surface area contributed by atoms with Gasteiger partial charge >= 0.3 is 0 Å². The number of nitrogens with one attached hydrogen (secondary N) is 2. The van der Waals surface area contributed by atoms with Gasteiger partial charge in [0.15, 0.2) is 0 Å². The van der Waals surface area contributed by atoms with Crippen LogP contribution in [0.25, 0.3) is 10.8 Å². The van der Waals surface area contributed by atoms with E-state index in [1.165, 1.54) is 0 Å². The van der Waals surface area contributed by atoms with Crippen LogP contribution in [0.2, 0.25) is 0 Å². The summed E-state index contributed by atoms with van der Waals surface area (Å²) in [5.74, 6) is 0.00636. The van der Waals surface area contributed by atoms with Crippen LogP contribution in [-0.2, 0) is 9.53 Å². The molecule has 0 bridgehead atoms. The molecule has 1 amide bonds. The van der Waals surface area contributed by atoms with Crippen LogP contribution in [0.1, 0.15) is 6.92 Å². The second-order valence-corrected chi connectivity index (χ2v) is 5.57. The number of phenols is 1. The van der Waals surface area contributed by atoms with Gasteiger partial charge in [-0.1, -0.05) is 24.3 Å². The van der Waals surface area contributed by atoms with E-state index in [0.29, 0.717) is 11.1 Å². The summed E-state index contributed by atoms with van der Waals surface area (Å²) < 4.78 is 5.61. The van der Waals surface area contributed by atoms with E-state index in [1.54, 1.807) is 18.2 Å². The fourth-order valence-corrected chi connectivity index (χ4v) is 2.41. The third-order valence-corrected chi connectivity index (χ3v) is 3.72. The second kappa shape index (κ2) is 5.35. The van der Waals surface area contributed by atoms with Crippen LogP contribution < -0.4 is 10.6 Å². The highest BCUT2D eigenvalue weighted by molar-refractivity contribution is 6.04. The van der Waals surface area contributed by atoms with Crippen LogP contribution in [0.4, 0.5) is 5.69 Å². The van der Waals surface area contributed by atoms with E-state index in [-0.39, 0.29) is 23.9 Å². The molecule has 1 aliphatic heterocycles. The zero-order valence-electron chi connectivity index (χ0n) is 11.8. The highest BCUT2D eigenvalue weighted by Crippen LogP contribution is 2.29. The number of aromatic hydroxyl groups is 1. The second-order valence-electron chi connectivity index (χ2n) is 5.57. The molecule has 2 aromatic rings. The molecule has 0 unspecified atom stereocenters. The lowest BCUT2D eigenvalue weighted by atomic mass is 10.0. The summed E-state index contributed by atoms with van der Waals surface area (Å²) in [5, 5.41) is 17.3. The van der Waals surface area contributed by atoms with Gasteiger partial charge in [-0.2, -0.15) is 0 Å². The molecule has 110 valence electrons. The SMILES string of the molecule is CC1(OCC(=O)Nc2cccc3c(O)cccc23)CNC1. The van der Waals surface area contributed by atoms with Gasteiger partial charge in [0.1, 0.15) is 12.4 Å². The van der Waals surface area contributed by atoms with E-state index in [9.17, 15) is 9.90 Å². The number of rotatable bonds is 4. The van der Waals surface area contributed by atoms with Crippen molar-refractivity contribution >= 4 is 22.4 Å². The number of carbonyl (C=O) groups is 1. The first-order valence-corrected chi connectivity index (χ1v) is 6.93. The Morgan fingerprint density at radius 3 is 2.71 bits per heavy atom. The lowest BCUT2D eigenvalue weighted by molar-refractivity contribution is -0.130. The van der Waals surface area contributed by atoms with Gasteiger partial charge in [0.05, 0.1) is 5.60 Å². The van der Waals surface area contributed by atoms with E-state index in [1.807, 2.05) is 25.1 Å². The molecule has 0 aliphatic carbocycles. The third kappa shape index (κ3) is 2.84. The maximum absolute atomic E-state index is 12.0. The van der Waals surface area contributed by atoms with Crippen molar-refractivity contribution in [2.24, 2.45) is 0 Å². The van der Waals surface area contributed by atoms with Crippen molar-refractivity contribution in [3.63, 3.8) is 0 Å². The molecule has 1 heterocycles. The third-order valence-electron chi connectivity index (χ3n) is 3.72. The topological polar surface area (TPSA) is 70.6 Å². The lowest BCUT2D eigenvalue weighted by Crippen LogP contribution is -2.59.